The minimum atomic E-state index is -0.851. The van der Waals surface area contributed by atoms with Crippen molar-refractivity contribution in [3.8, 4) is 11.5 Å². The molecule has 1 aliphatic rings. The Morgan fingerprint density at radius 2 is 1.67 bits per heavy atom. The molecule has 0 aliphatic carbocycles. The molecule has 1 atom stereocenters. The summed E-state index contributed by atoms with van der Waals surface area (Å²) in [5.41, 5.74) is 1.32. The van der Waals surface area contributed by atoms with Gasteiger partial charge in [0.2, 0.25) is 0 Å². The lowest BCUT2D eigenvalue weighted by molar-refractivity contribution is 0.169. The van der Waals surface area contributed by atoms with Crippen molar-refractivity contribution < 1.29 is 14.6 Å². The van der Waals surface area contributed by atoms with Gasteiger partial charge >= 0.3 is 0 Å². The number of aliphatic hydroxyl groups is 1. The summed E-state index contributed by atoms with van der Waals surface area (Å²) in [6, 6.07) is 9.00. The first-order chi connectivity index (χ1) is 10.1. The van der Waals surface area contributed by atoms with Gasteiger partial charge in [0.1, 0.15) is 19.3 Å². The number of benzene rings is 2. The van der Waals surface area contributed by atoms with Gasteiger partial charge in [0.25, 0.3) is 0 Å². The van der Waals surface area contributed by atoms with Crippen LogP contribution in [0, 0.1) is 0 Å². The van der Waals surface area contributed by atoms with Crippen molar-refractivity contribution in [2.24, 2.45) is 0 Å². The van der Waals surface area contributed by atoms with Crippen LogP contribution in [-0.4, -0.2) is 18.3 Å². The van der Waals surface area contributed by atoms with Crippen LogP contribution in [0.4, 0.5) is 0 Å². The van der Waals surface area contributed by atoms with Crippen LogP contribution in [0.3, 0.4) is 0 Å². The van der Waals surface area contributed by atoms with Crippen LogP contribution in [0.1, 0.15) is 17.2 Å². The zero-order valence-electron chi connectivity index (χ0n) is 10.8. The van der Waals surface area contributed by atoms with Gasteiger partial charge in [0, 0.05) is 20.6 Å². The molecule has 2 aromatic rings. The van der Waals surface area contributed by atoms with E-state index >= 15 is 0 Å². The summed E-state index contributed by atoms with van der Waals surface area (Å²) < 4.78 is 12.7. The highest BCUT2D eigenvalue weighted by atomic mass is 79.9. The Morgan fingerprint density at radius 3 is 2.33 bits per heavy atom. The predicted octanol–water partition coefficient (Wildman–Crippen LogP) is 4.72. The van der Waals surface area contributed by atoms with Gasteiger partial charge in [-0.15, -0.1) is 0 Å². The van der Waals surface area contributed by atoms with E-state index in [9.17, 15) is 5.11 Å². The van der Waals surface area contributed by atoms with Crippen molar-refractivity contribution in [1.29, 1.82) is 0 Å². The SMILES string of the molecule is OC(c1cc2c(cc1Cl)OCCO2)c1ccc(Br)cc1Br. The Balaban J connectivity index is 2.03. The molecule has 0 saturated carbocycles. The smallest absolute Gasteiger partial charge is 0.162 e. The van der Waals surface area contributed by atoms with Crippen molar-refractivity contribution in [3.63, 3.8) is 0 Å². The maximum Gasteiger partial charge on any atom is 0.162 e. The highest BCUT2D eigenvalue weighted by molar-refractivity contribution is 9.11. The van der Waals surface area contributed by atoms with Gasteiger partial charge in [-0.05, 0) is 23.8 Å². The average molecular weight is 435 g/mol. The lowest BCUT2D eigenvalue weighted by Gasteiger charge is -2.22. The zero-order valence-corrected chi connectivity index (χ0v) is 14.7. The van der Waals surface area contributed by atoms with Crippen LogP contribution in [0.2, 0.25) is 5.02 Å². The van der Waals surface area contributed by atoms with E-state index < -0.39 is 6.10 Å². The van der Waals surface area contributed by atoms with Crippen LogP contribution < -0.4 is 9.47 Å². The van der Waals surface area contributed by atoms with E-state index in [0.29, 0.717) is 35.3 Å². The summed E-state index contributed by atoms with van der Waals surface area (Å²) in [5.74, 6) is 1.21. The van der Waals surface area contributed by atoms with Crippen molar-refractivity contribution in [1.82, 2.24) is 0 Å². The summed E-state index contributed by atoms with van der Waals surface area (Å²) in [6.07, 6.45) is -0.851. The molecule has 0 amide bonds. The van der Waals surface area contributed by atoms with Crippen LogP contribution in [0.15, 0.2) is 39.3 Å². The molecule has 1 N–H and O–H groups in total. The quantitative estimate of drug-likeness (QED) is 0.744. The van der Waals surface area contributed by atoms with E-state index in [1.54, 1.807) is 12.1 Å². The Labute approximate surface area is 144 Å². The molecule has 2 aromatic carbocycles. The van der Waals surface area contributed by atoms with Gasteiger partial charge in [0.05, 0.1) is 5.02 Å². The fraction of sp³-hybridized carbons (Fsp3) is 0.200. The monoisotopic (exact) mass is 432 g/mol. The van der Waals surface area contributed by atoms with Crippen molar-refractivity contribution in [3.05, 3.63) is 55.4 Å². The predicted molar refractivity (Wildman–Crippen MR) is 88.3 cm³/mol. The van der Waals surface area contributed by atoms with Crippen molar-refractivity contribution in [2.75, 3.05) is 13.2 Å². The Kier molecular flexibility index (Phi) is 4.45. The molecule has 1 aliphatic heterocycles. The molecular formula is C15H11Br2ClO3. The first kappa shape index (κ1) is 15.2. The fourth-order valence-corrected chi connectivity index (χ4v) is 3.70. The molecule has 3 nitrogen and oxygen atoms in total. The molecule has 1 heterocycles. The number of rotatable bonds is 2. The van der Waals surface area contributed by atoms with E-state index in [0.717, 1.165) is 14.5 Å². The summed E-state index contributed by atoms with van der Waals surface area (Å²) in [7, 11) is 0. The summed E-state index contributed by atoms with van der Waals surface area (Å²) >= 11 is 13.1. The molecule has 3 rings (SSSR count). The van der Waals surface area contributed by atoms with Crippen LogP contribution in [0.25, 0.3) is 0 Å². The summed E-state index contributed by atoms with van der Waals surface area (Å²) in [6.45, 7) is 0.996. The Hall–Kier alpha value is -0.750. The molecular weight excluding hydrogens is 423 g/mol. The average Bonchev–Trinajstić information content (AvgIpc) is 2.46. The lowest BCUT2D eigenvalue weighted by atomic mass is 10.0. The number of aliphatic hydroxyl groups excluding tert-OH is 1. The van der Waals surface area contributed by atoms with Crippen LogP contribution in [-0.2, 0) is 0 Å². The van der Waals surface area contributed by atoms with E-state index in [4.69, 9.17) is 21.1 Å². The molecule has 21 heavy (non-hydrogen) atoms. The second-order valence-corrected chi connectivity index (χ2v) is 6.76. The van der Waals surface area contributed by atoms with Crippen molar-refractivity contribution in [2.45, 2.75) is 6.10 Å². The van der Waals surface area contributed by atoms with E-state index in [1.807, 2.05) is 18.2 Å². The van der Waals surface area contributed by atoms with Gasteiger partial charge < -0.3 is 14.6 Å². The third kappa shape index (κ3) is 3.06. The highest BCUT2D eigenvalue weighted by Gasteiger charge is 2.21. The molecule has 6 heteroatoms. The second-order valence-electron chi connectivity index (χ2n) is 4.59. The number of ether oxygens (including phenoxy) is 2. The molecule has 110 valence electrons. The third-order valence-electron chi connectivity index (χ3n) is 3.21. The number of fused-ring (bicyclic) bond motifs is 1. The van der Waals surface area contributed by atoms with Gasteiger partial charge in [-0.25, -0.2) is 0 Å². The first-order valence-electron chi connectivity index (χ1n) is 6.28. The Bertz CT molecular complexity index is 691. The summed E-state index contributed by atoms with van der Waals surface area (Å²) in [5, 5.41) is 11.1. The van der Waals surface area contributed by atoms with E-state index in [1.165, 1.54) is 0 Å². The molecule has 0 saturated heterocycles. The molecule has 1 unspecified atom stereocenters. The van der Waals surface area contributed by atoms with Gasteiger partial charge in [-0.1, -0.05) is 49.5 Å². The summed E-state index contributed by atoms with van der Waals surface area (Å²) in [4.78, 5) is 0. The van der Waals surface area contributed by atoms with E-state index in [2.05, 4.69) is 31.9 Å². The minimum absolute atomic E-state index is 0.446. The fourth-order valence-electron chi connectivity index (χ4n) is 2.18. The van der Waals surface area contributed by atoms with Gasteiger partial charge in [-0.3, -0.25) is 0 Å². The number of halogens is 3. The van der Waals surface area contributed by atoms with Gasteiger partial charge in [-0.2, -0.15) is 0 Å². The standard InChI is InChI=1S/C15H11Br2ClO3/c16-8-1-2-9(11(17)5-8)15(19)10-6-13-14(7-12(10)18)21-4-3-20-13/h1-2,5-7,15,19H,3-4H2. The zero-order chi connectivity index (χ0) is 15.0. The number of hydrogen-bond acceptors (Lipinski definition) is 3. The van der Waals surface area contributed by atoms with Crippen molar-refractivity contribution >= 4 is 43.5 Å². The van der Waals surface area contributed by atoms with Crippen LogP contribution >= 0.6 is 43.5 Å². The highest BCUT2D eigenvalue weighted by Crippen LogP contribution is 2.40. The minimum Gasteiger partial charge on any atom is -0.486 e. The second kappa shape index (κ2) is 6.16. The molecule has 0 bridgehead atoms. The number of hydrogen-bond donors (Lipinski definition) is 1. The lowest BCUT2D eigenvalue weighted by Crippen LogP contribution is -2.16. The normalized spacial score (nSPS) is 14.9. The molecule has 0 fully saturated rings. The van der Waals surface area contributed by atoms with E-state index in [-0.39, 0.29) is 0 Å². The maximum absolute atomic E-state index is 10.6. The van der Waals surface area contributed by atoms with Crippen LogP contribution in [0.5, 0.6) is 11.5 Å². The molecule has 0 aromatic heterocycles. The third-order valence-corrected chi connectivity index (χ3v) is 4.72. The largest absolute Gasteiger partial charge is 0.486 e. The Morgan fingerprint density at radius 1 is 1.00 bits per heavy atom. The topological polar surface area (TPSA) is 38.7 Å². The van der Waals surface area contributed by atoms with Gasteiger partial charge in [0.15, 0.2) is 11.5 Å². The molecule has 0 radical (unpaired) electrons. The maximum atomic E-state index is 10.6. The molecule has 0 spiro atoms. The first-order valence-corrected chi connectivity index (χ1v) is 8.24.